The molecule has 34 heavy (non-hydrogen) atoms. The summed E-state index contributed by atoms with van der Waals surface area (Å²) in [6, 6.07) is 26.9. The number of ether oxygens (including phenoxy) is 2. The van der Waals surface area contributed by atoms with Gasteiger partial charge in [-0.3, -0.25) is 0 Å². The van der Waals surface area contributed by atoms with Gasteiger partial charge in [-0.1, -0.05) is 60.7 Å². The summed E-state index contributed by atoms with van der Waals surface area (Å²) in [4.78, 5) is 13.9. The van der Waals surface area contributed by atoms with Gasteiger partial charge in [-0.05, 0) is 55.9 Å². The fourth-order valence-electron chi connectivity index (χ4n) is 3.51. The van der Waals surface area contributed by atoms with Crippen LogP contribution in [0.25, 0.3) is 11.1 Å². The Morgan fingerprint density at radius 2 is 1.56 bits per heavy atom. The Balaban J connectivity index is 1.60. The van der Waals surface area contributed by atoms with Gasteiger partial charge in [-0.2, -0.15) is 0 Å². The normalized spacial score (nSPS) is 10.4. The first-order valence-corrected chi connectivity index (χ1v) is 12.0. The molecule has 0 aliphatic carbocycles. The Bertz CT molecular complexity index is 1290. The Kier molecular flexibility index (Phi) is 7.57. The van der Waals surface area contributed by atoms with Crippen LogP contribution in [0, 0.1) is 6.92 Å². The van der Waals surface area contributed by atoms with Crippen LogP contribution >= 0.6 is 23.6 Å². The Morgan fingerprint density at radius 3 is 2.26 bits per heavy atom. The second kappa shape index (κ2) is 11.0. The van der Waals surface area contributed by atoms with Gasteiger partial charge in [-0.15, -0.1) is 11.3 Å². The van der Waals surface area contributed by atoms with Gasteiger partial charge in [0.05, 0.1) is 12.3 Å². The van der Waals surface area contributed by atoms with Gasteiger partial charge in [0, 0.05) is 10.4 Å². The first-order chi connectivity index (χ1) is 16.6. The SMILES string of the molecule is CCOC(=O)c1c(NC(=S)Nc2ccccc2Oc2ccccc2)sc(C)c1-c1ccccc1. The zero-order valence-electron chi connectivity index (χ0n) is 18.8. The summed E-state index contributed by atoms with van der Waals surface area (Å²) >= 11 is 7.06. The average Bonchev–Trinajstić information content (AvgIpc) is 3.17. The van der Waals surface area contributed by atoms with E-state index in [0.29, 0.717) is 27.1 Å². The number of hydrogen-bond acceptors (Lipinski definition) is 5. The molecule has 0 radical (unpaired) electrons. The molecular weight excluding hydrogens is 464 g/mol. The summed E-state index contributed by atoms with van der Waals surface area (Å²) in [5, 5.41) is 7.37. The monoisotopic (exact) mass is 488 g/mol. The molecule has 0 saturated carbocycles. The van der Waals surface area contributed by atoms with Crippen molar-refractivity contribution in [2.24, 2.45) is 0 Å². The predicted molar refractivity (Wildman–Crippen MR) is 143 cm³/mol. The lowest BCUT2D eigenvalue weighted by Crippen LogP contribution is -2.20. The lowest BCUT2D eigenvalue weighted by molar-refractivity contribution is 0.0529. The molecule has 172 valence electrons. The van der Waals surface area contributed by atoms with Crippen LogP contribution in [0.2, 0.25) is 0 Å². The van der Waals surface area contributed by atoms with E-state index < -0.39 is 0 Å². The predicted octanol–water partition coefficient (Wildman–Crippen LogP) is 7.50. The summed E-state index contributed by atoms with van der Waals surface area (Å²) in [5.74, 6) is 0.973. The number of aryl methyl sites for hydroxylation is 1. The number of anilines is 2. The molecular formula is C27H24N2O3S2. The molecule has 5 nitrogen and oxygen atoms in total. The van der Waals surface area contributed by atoms with Gasteiger partial charge in [0.25, 0.3) is 0 Å². The molecule has 0 saturated heterocycles. The minimum Gasteiger partial charge on any atom is -0.462 e. The summed E-state index contributed by atoms with van der Waals surface area (Å²) in [5.41, 5.74) is 2.99. The second-order valence-corrected chi connectivity index (χ2v) is 8.95. The number of rotatable bonds is 7. The molecule has 3 aromatic carbocycles. The Morgan fingerprint density at radius 1 is 0.912 bits per heavy atom. The number of carbonyl (C=O) groups is 1. The highest BCUT2D eigenvalue weighted by Gasteiger charge is 2.25. The standard InChI is InChI=1S/C27H24N2O3S2/c1-3-31-26(30)24-23(19-12-6-4-7-13-19)18(2)34-25(24)29-27(33)28-21-16-10-11-17-22(21)32-20-14-8-5-9-15-20/h4-17H,3H2,1-2H3,(H2,28,29,33). The van der Waals surface area contributed by atoms with E-state index in [0.717, 1.165) is 21.8 Å². The van der Waals surface area contributed by atoms with Crippen LogP contribution < -0.4 is 15.4 Å². The summed E-state index contributed by atoms with van der Waals surface area (Å²) < 4.78 is 11.4. The first-order valence-electron chi connectivity index (χ1n) is 10.8. The van der Waals surface area contributed by atoms with E-state index in [2.05, 4.69) is 10.6 Å². The average molecular weight is 489 g/mol. The van der Waals surface area contributed by atoms with Crippen LogP contribution in [-0.2, 0) is 4.74 Å². The van der Waals surface area contributed by atoms with Gasteiger partial charge in [0.2, 0.25) is 0 Å². The minimum atomic E-state index is -0.385. The molecule has 0 spiro atoms. The molecule has 0 aliphatic heterocycles. The van der Waals surface area contributed by atoms with Crippen LogP contribution in [0.15, 0.2) is 84.9 Å². The molecule has 0 aliphatic rings. The quantitative estimate of drug-likeness (QED) is 0.207. The lowest BCUT2D eigenvalue weighted by Gasteiger charge is -2.15. The molecule has 0 fully saturated rings. The molecule has 0 amide bonds. The minimum absolute atomic E-state index is 0.286. The second-order valence-electron chi connectivity index (χ2n) is 7.31. The van der Waals surface area contributed by atoms with Crippen molar-refractivity contribution in [2.45, 2.75) is 13.8 Å². The molecule has 7 heteroatoms. The molecule has 0 unspecified atom stereocenters. The van der Waals surface area contributed by atoms with Crippen LogP contribution in [0.5, 0.6) is 11.5 Å². The Hall–Kier alpha value is -3.68. The van der Waals surface area contributed by atoms with Crippen molar-refractivity contribution >= 4 is 45.3 Å². The van der Waals surface area contributed by atoms with Gasteiger partial charge < -0.3 is 20.1 Å². The number of thiocarbonyl (C=S) groups is 1. The van der Waals surface area contributed by atoms with Crippen molar-refractivity contribution in [1.29, 1.82) is 0 Å². The largest absolute Gasteiger partial charge is 0.462 e. The van der Waals surface area contributed by atoms with Crippen molar-refractivity contribution in [3.8, 4) is 22.6 Å². The number of carbonyl (C=O) groups excluding carboxylic acids is 1. The van der Waals surface area contributed by atoms with E-state index in [-0.39, 0.29) is 12.6 Å². The van der Waals surface area contributed by atoms with E-state index in [9.17, 15) is 4.79 Å². The maximum absolute atomic E-state index is 12.9. The number of nitrogens with one attached hydrogen (secondary N) is 2. The van der Waals surface area contributed by atoms with Gasteiger partial charge in [-0.25, -0.2) is 4.79 Å². The van der Waals surface area contributed by atoms with Gasteiger partial charge in [0.1, 0.15) is 16.3 Å². The molecule has 4 aromatic rings. The van der Waals surface area contributed by atoms with E-state index in [1.165, 1.54) is 11.3 Å². The highest BCUT2D eigenvalue weighted by Crippen LogP contribution is 2.40. The van der Waals surface area contributed by atoms with Crippen LogP contribution in [0.4, 0.5) is 10.7 Å². The Labute approximate surface area is 208 Å². The topological polar surface area (TPSA) is 59.6 Å². The van der Waals surface area contributed by atoms with E-state index >= 15 is 0 Å². The van der Waals surface area contributed by atoms with Gasteiger partial charge >= 0.3 is 5.97 Å². The highest BCUT2D eigenvalue weighted by molar-refractivity contribution is 7.80. The maximum atomic E-state index is 12.9. The van der Waals surface area contributed by atoms with Crippen molar-refractivity contribution < 1.29 is 14.3 Å². The number of thiophene rings is 1. The number of hydrogen-bond donors (Lipinski definition) is 2. The fraction of sp³-hybridized carbons (Fsp3) is 0.111. The van der Waals surface area contributed by atoms with Crippen LogP contribution in [0.1, 0.15) is 22.2 Å². The van der Waals surface area contributed by atoms with E-state index in [1.54, 1.807) is 6.92 Å². The first kappa shape index (κ1) is 23.5. The zero-order valence-corrected chi connectivity index (χ0v) is 20.5. The number of benzene rings is 3. The zero-order chi connectivity index (χ0) is 23.9. The molecule has 0 atom stereocenters. The fourth-order valence-corrected chi connectivity index (χ4v) is 4.86. The smallest absolute Gasteiger partial charge is 0.341 e. The number of para-hydroxylation sites is 3. The van der Waals surface area contributed by atoms with Gasteiger partial charge in [0.15, 0.2) is 10.9 Å². The molecule has 1 heterocycles. The van der Waals surface area contributed by atoms with E-state index in [4.69, 9.17) is 21.7 Å². The van der Waals surface area contributed by atoms with E-state index in [1.807, 2.05) is 91.9 Å². The summed E-state index contributed by atoms with van der Waals surface area (Å²) in [6.07, 6.45) is 0. The van der Waals surface area contributed by atoms with Crippen molar-refractivity contribution in [3.05, 3.63) is 95.4 Å². The molecule has 0 bridgehead atoms. The maximum Gasteiger partial charge on any atom is 0.341 e. The van der Waals surface area contributed by atoms with Crippen LogP contribution in [0.3, 0.4) is 0 Å². The third kappa shape index (κ3) is 5.44. The lowest BCUT2D eigenvalue weighted by atomic mass is 10.0. The third-order valence-electron chi connectivity index (χ3n) is 4.96. The highest BCUT2D eigenvalue weighted by atomic mass is 32.1. The number of esters is 1. The molecule has 1 aromatic heterocycles. The van der Waals surface area contributed by atoms with Crippen LogP contribution in [-0.4, -0.2) is 17.7 Å². The third-order valence-corrected chi connectivity index (χ3v) is 6.18. The molecule has 4 rings (SSSR count). The van der Waals surface area contributed by atoms with Crippen molar-refractivity contribution in [2.75, 3.05) is 17.2 Å². The molecule has 2 N–H and O–H groups in total. The summed E-state index contributed by atoms with van der Waals surface area (Å²) in [6.45, 7) is 4.07. The summed E-state index contributed by atoms with van der Waals surface area (Å²) in [7, 11) is 0. The van der Waals surface area contributed by atoms with Crippen molar-refractivity contribution in [1.82, 2.24) is 0 Å². The van der Waals surface area contributed by atoms with Crippen molar-refractivity contribution in [3.63, 3.8) is 0 Å².